The molecule has 1 aliphatic heterocycles. The molecule has 0 aromatic heterocycles. The van der Waals surface area contributed by atoms with Crippen LogP contribution in [0.1, 0.15) is 12.5 Å². The molecule has 0 amide bonds. The van der Waals surface area contributed by atoms with Crippen molar-refractivity contribution in [1.29, 1.82) is 0 Å². The van der Waals surface area contributed by atoms with E-state index < -0.39 is 17.5 Å². The quantitative estimate of drug-likeness (QED) is 0.753. The van der Waals surface area contributed by atoms with Crippen LogP contribution in [0.2, 0.25) is 0 Å². The van der Waals surface area contributed by atoms with Crippen LogP contribution in [0.15, 0.2) is 30.3 Å². The van der Waals surface area contributed by atoms with E-state index in [-0.39, 0.29) is 17.2 Å². The predicted octanol–water partition coefficient (Wildman–Crippen LogP) is 4.09. The number of hydrogen-bond donors (Lipinski definition) is 0. The molecule has 0 aliphatic carbocycles. The Kier molecular flexibility index (Phi) is 2.73. The first-order chi connectivity index (χ1) is 9.04. The number of hydrogen-bond acceptors (Lipinski definition) is 1. The monoisotopic (exact) mass is 264 g/mol. The topological polar surface area (TPSA) is 9.23 Å². The maximum Gasteiger partial charge on any atom is 0.131 e. The average Bonchev–Trinajstić information content (AvgIpc) is 2.71. The SMILES string of the molecule is CC1Cc2cc(F)cc(-c3cc(F)ccc3F)c2O1. The van der Waals surface area contributed by atoms with Gasteiger partial charge in [-0.15, -0.1) is 0 Å². The summed E-state index contributed by atoms with van der Waals surface area (Å²) in [5.74, 6) is -1.20. The van der Waals surface area contributed by atoms with Crippen LogP contribution in [0.25, 0.3) is 11.1 Å². The standard InChI is InChI=1S/C15H11F3O/c1-8-4-9-5-11(17)7-13(15(9)19-8)12-6-10(16)2-3-14(12)18/h2-3,5-8H,4H2,1H3. The third-order valence-electron chi connectivity index (χ3n) is 3.18. The molecule has 3 rings (SSSR count). The van der Waals surface area contributed by atoms with E-state index >= 15 is 0 Å². The van der Waals surface area contributed by atoms with Gasteiger partial charge in [-0.05, 0) is 37.3 Å². The van der Waals surface area contributed by atoms with Crippen molar-refractivity contribution in [3.8, 4) is 16.9 Å². The molecule has 2 aromatic rings. The van der Waals surface area contributed by atoms with Gasteiger partial charge in [0.2, 0.25) is 0 Å². The summed E-state index contributed by atoms with van der Waals surface area (Å²) in [6.45, 7) is 1.85. The fraction of sp³-hybridized carbons (Fsp3) is 0.200. The van der Waals surface area contributed by atoms with E-state index in [1.54, 1.807) is 0 Å². The zero-order valence-electron chi connectivity index (χ0n) is 10.2. The first-order valence-corrected chi connectivity index (χ1v) is 5.99. The van der Waals surface area contributed by atoms with Crippen molar-refractivity contribution in [3.05, 3.63) is 53.3 Å². The fourth-order valence-electron chi connectivity index (χ4n) is 2.40. The first-order valence-electron chi connectivity index (χ1n) is 5.99. The summed E-state index contributed by atoms with van der Waals surface area (Å²) in [6, 6.07) is 5.66. The van der Waals surface area contributed by atoms with E-state index in [9.17, 15) is 13.2 Å². The van der Waals surface area contributed by atoms with Gasteiger partial charge in [0.25, 0.3) is 0 Å². The van der Waals surface area contributed by atoms with Crippen molar-refractivity contribution < 1.29 is 17.9 Å². The highest BCUT2D eigenvalue weighted by Gasteiger charge is 2.25. The minimum atomic E-state index is -0.600. The lowest BCUT2D eigenvalue weighted by atomic mass is 10.00. The summed E-state index contributed by atoms with van der Waals surface area (Å²) < 4.78 is 46.3. The predicted molar refractivity (Wildman–Crippen MR) is 65.5 cm³/mol. The van der Waals surface area contributed by atoms with Crippen LogP contribution in [0.4, 0.5) is 13.2 Å². The summed E-state index contributed by atoms with van der Waals surface area (Å²) in [5, 5.41) is 0. The Morgan fingerprint density at radius 2 is 1.74 bits per heavy atom. The lowest BCUT2D eigenvalue weighted by Gasteiger charge is -2.11. The van der Waals surface area contributed by atoms with Crippen LogP contribution in [0, 0.1) is 17.5 Å². The van der Waals surface area contributed by atoms with Crippen molar-refractivity contribution in [1.82, 2.24) is 0 Å². The second-order valence-corrected chi connectivity index (χ2v) is 4.70. The summed E-state index contributed by atoms with van der Waals surface area (Å²) in [6.07, 6.45) is 0.476. The summed E-state index contributed by atoms with van der Waals surface area (Å²) in [7, 11) is 0. The fourth-order valence-corrected chi connectivity index (χ4v) is 2.40. The minimum absolute atomic E-state index is 0.0184. The molecule has 0 fully saturated rings. The Morgan fingerprint density at radius 3 is 2.53 bits per heavy atom. The number of rotatable bonds is 1. The number of fused-ring (bicyclic) bond motifs is 1. The van der Waals surface area contributed by atoms with E-state index in [0.29, 0.717) is 17.7 Å². The van der Waals surface area contributed by atoms with E-state index in [0.717, 1.165) is 18.2 Å². The normalized spacial score (nSPS) is 17.2. The van der Waals surface area contributed by atoms with Crippen LogP contribution in [-0.4, -0.2) is 6.10 Å². The lowest BCUT2D eigenvalue weighted by molar-refractivity contribution is 0.255. The van der Waals surface area contributed by atoms with Crippen molar-refractivity contribution >= 4 is 0 Å². The van der Waals surface area contributed by atoms with Gasteiger partial charge in [-0.25, -0.2) is 13.2 Å². The molecule has 19 heavy (non-hydrogen) atoms. The Bertz CT molecular complexity index is 652. The van der Waals surface area contributed by atoms with Gasteiger partial charge in [0.05, 0.1) is 0 Å². The van der Waals surface area contributed by atoms with Gasteiger partial charge in [0.1, 0.15) is 29.3 Å². The van der Waals surface area contributed by atoms with Gasteiger partial charge in [-0.3, -0.25) is 0 Å². The van der Waals surface area contributed by atoms with Crippen LogP contribution in [-0.2, 0) is 6.42 Å². The molecule has 4 heteroatoms. The van der Waals surface area contributed by atoms with Gasteiger partial charge in [-0.2, -0.15) is 0 Å². The number of benzene rings is 2. The highest BCUT2D eigenvalue weighted by atomic mass is 19.1. The Labute approximate surface area is 108 Å². The molecule has 98 valence electrons. The third kappa shape index (κ3) is 2.07. The molecule has 1 atom stereocenters. The molecule has 0 radical (unpaired) electrons. The lowest BCUT2D eigenvalue weighted by Crippen LogP contribution is -2.05. The summed E-state index contributed by atoms with van der Waals surface area (Å²) >= 11 is 0. The largest absolute Gasteiger partial charge is 0.489 e. The summed E-state index contributed by atoms with van der Waals surface area (Å²) in [5.41, 5.74) is 0.965. The van der Waals surface area contributed by atoms with Crippen LogP contribution in [0.3, 0.4) is 0 Å². The van der Waals surface area contributed by atoms with E-state index in [2.05, 4.69) is 0 Å². The smallest absolute Gasteiger partial charge is 0.131 e. The molecule has 0 saturated carbocycles. The minimum Gasteiger partial charge on any atom is -0.489 e. The van der Waals surface area contributed by atoms with Gasteiger partial charge >= 0.3 is 0 Å². The highest BCUT2D eigenvalue weighted by Crippen LogP contribution is 2.40. The summed E-state index contributed by atoms with van der Waals surface area (Å²) in [4.78, 5) is 0. The van der Waals surface area contributed by atoms with Crippen molar-refractivity contribution in [3.63, 3.8) is 0 Å². The van der Waals surface area contributed by atoms with E-state index in [4.69, 9.17) is 4.74 Å². The Balaban J connectivity index is 2.23. The molecule has 0 bridgehead atoms. The van der Waals surface area contributed by atoms with Gasteiger partial charge < -0.3 is 4.74 Å². The second-order valence-electron chi connectivity index (χ2n) is 4.70. The molecule has 2 aromatic carbocycles. The Morgan fingerprint density at radius 1 is 1.00 bits per heavy atom. The van der Waals surface area contributed by atoms with Gasteiger partial charge in [-0.1, -0.05) is 0 Å². The van der Waals surface area contributed by atoms with Crippen LogP contribution >= 0.6 is 0 Å². The van der Waals surface area contributed by atoms with E-state index in [1.165, 1.54) is 12.1 Å². The zero-order chi connectivity index (χ0) is 13.6. The molecule has 1 unspecified atom stereocenters. The Hall–Kier alpha value is -1.97. The zero-order valence-corrected chi connectivity index (χ0v) is 10.2. The maximum absolute atomic E-state index is 13.8. The van der Waals surface area contributed by atoms with Crippen molar-refractivity contribution in [2.24, 2.45) is 0 Å². The molecule has 1 heterocycles. The molecule has 0 spiro atoms. The molecule has 0 N–H and O–H groups in total. The van der Waals surface area contributed by atoms with Gasteiger partial charge in [0, 0.05) is 23.1 Å². The van der Waals surface area contributed by atoms with Crippen LogP contribution in [0.5, 0.6) is 5.75 Å². The van der Waals surface area contributed by atoms with Crippen molar-refractivity contribution in [2.45, 2.75) is 19.4 Å². The molecular formula is C15H11F3O. The first kappa shape index (κ1) is 12.1. The second kappa shape index (κ2) is 4.30. The van der Waals surface area contributed by atoms with Gasteiger partial charge in [0.15, 0.2) is 0 Å². The highest BCUT2D eigenvalue weighted by molar-refractivity contribution is 5.73. The molecular weight excluding hydrogens is 253 g/mol. The van der Waals surface area contributed by atoms with E-state index in [1.807, 2.05) is 6.92 Å². The van der Waals surface area contributed by atoms with Crippen molar-refractivity contribution in [2.75, 3.05) is 0 Å². The molecule has 0 saturated heterocycles. The third-order valence-corrected chi connectivity index (χ3v) is 3.18. The average molecular weight is 264 g/mol. The van der Waals surface area contributed by atoms with Crippen LogP contribution < -0.4 is 4.74 Å². The number of halogens is 3. The molecule has 1 nitrogen and oxygen atoms in total. The maximum atomic E-state index is 13.8. The number of ether oxygens (including phenoxy) is 1. The molecule has 1 aliphatic rings.